The lowest BCUT2D eigenvalue weighted by Crippen LogP contribution is -2.05. The van der Waals surface area contributed by atoms with E-state index in [-0.39, 0.29) is 10.4 Å². The summed E-state index contributed by atoms with van der Waals surface area (Å²) in [6.07, 6.45) is -4.46. The number of aromatic nitrogens is 1. The van der Waals surface area contributed by atoms with Gasteiger partial charge in [0, 0.05) is 22.5 Å². The number of halogens is 3. The lowest BCUT2D eigenvalue weighted by atomic mass is 10.1. The standard InChI is InChI=1S/C17H13F3N2O3S/c1-10-8-15(22-12-3-5-13(6-4-12)26(23,24)25)14-7-2-11(17(18,19)20)9-16(14)21-10/h2-9H,1H3,(H,21,22)(H,23,24,25). The minimum atomic E-state index is -4.46. The maximum atomic E-state index is 12.9. The summed E-state index contributed by atoms with van der Waals surface area (Å²) in [4.78, 5) is 3.89. The predicted octanol–water partition coefficient (Wildman–Crippen LogP) is 4.55. The number of benzene rings is 2. The molecule has 1 aromatic heterocycles. The van der Waals surface area contributed by atoms with Crippen LogP contribution in [0.1, 0.15) is 11.3 Å². The van der Waals surface area contributed by atoms with Crippen molar-refractivity contribution in [3.05, 3.63) is 59.8 Å². The molecule has 5 nitrogen and oxygen atoms in total. The van der Waals surface area contributed by atoms with Crippen LogP contribution in [0.4, 0.5) is 24.5 Å². The molecule has 2 N–H and O–H groups in total. The summed E-state index contributed by atoms with van der Waals surface area (Å²) in [7, 11) is -4.30. The third kappa shape index (κ3) is 3.78. The first kappa shape index (κ1) is 18.2. The summed E-state index contributed by atoms with van der Waals surface area (Å²) in [6, 6.07) is 10.3. The fourth-order valence-electron chi connectivity index (χ4n) is 2.51. The number of rotatable bonds is 3. The lowest BCUT2D eigenvalue weighted by molar-refractivity contribution is -0.137. The van der Waals surface area contributed by atoms with Crippen LogP contribution in [0.3, 0.4) is 0 Å². The quantitative estimate of drug-likeness (QED) is 0.650. The number of nitrogens with zero attached hydrogens (tertiary/aromatic N) is 1. The number of aryl methyl sites for hydroxylation is 1. The van der Waals surface area contributed by atoms with Crippen molar-refractivity contribution in [1.82, 2.24) is 4.98 Å². The van der Waals surface area contributed by atoms with Gasteiger partial charge in [-0.05, 0) is 49.4 Å². The summed E-state index contributed by atoms with van der Waals surface area (Å²) < 4.78 is 69.8. The Labute approximate surface area is 147 Å². The monoisotopic (exact) mass is 382 g/mol. The normalized spacial score (nSPS) is 12.3. The molecule has 0 saturated carbocycles. The number of hydrogen-bond donors (Lipinski definition) is 2. The van der Waals surface area contributed by atoms with E-state index in [1.165, 1.54) is 30.3 Å². The van der Waals surface area contributed by atoms with E-state index in [9.17, 15) is 21.6 Å². The van der Waals surface area contributed by atoms with Crippen LogP contribution in [-0.4, -0.2) is 18.0 Å². The zero-order valence-electron chi connectivity index (χ0n) is 13.4. The van der Waals surface area contributed by atoms with Crippen LogP contribution >= 0.6 is 0 Å². The average molecular weight is 382 g/mol. The highest BCUT2D eigenvalue weighted by Gasteiger charge is 2.30. The van der Waals surface area contributed by atoms with E-state index in [2.05, 4.69) is 10.3 Å². The van der Waals surface area contributed by atoms with Crippen LogP contribution in [0.5, 0.6) is 0 Å². The first-order chi connectivity index (χ1) is 12.0. The van der Waals surface area contributed by atoms with Gasteiger partial charge in [0.05, 0.1) is 16.0 Å². The molecule has 0 atom stereocenters. The topological polar surface area (TPSA) is 79.3 Å². The molecule has 9 heteroatoms. The number of alkyl halides is 3. The smallest absolute Gasteiger partial charge is 0.355 e. The maximum Gasteiger partial charge on any atom is 0.416 e. The SMILES string of the molecule is Cc1cc(Nc2ccc(S(=O)(=O)O)cc2)c2ccc(C(F)(F)F)cc2n1. The van der Waals surface area contributed by atoms with Crippen LogP contribution in [0.15, 0.2) is 53.4 Å². The molecule has 3 rings (SSSR count). The first-order valence-corrected chi connectivity index (χ1v) is 8.81. The molecule has 0 fully saturated rings. The van der Waals surface area contributed by atoms with E-state index in [4.69, 9.17) is 4.55 Å². The summed E-state index contributed by atoms with van der Waals surface area (Å²) in [5, 5.41) is 3.52. The van der Waals surface area contributed by atoms with Gasteiger partial charge in [-0.2, -0.15) is 21.6 Å². The Bertz CT molecular complexity index is 1080. The van der Waals surface area contributed by atoms with Gasteiger partial charge in [0.1, 0.15) is 0 Å². The molecule has 26 heavy (non-hydrogen) atoms. The van der Waals surface area contributed by atoms with Crippen molar-refractivity contribution in [2.24, 2.45) is 0 Å². The molecular formula is C17H13F3N2O3S. The molecule has 0 amide bonds. The number of fused-ring (bicyclic) bond motifs is 1. The summed E-state index contributed by atoms with van der Waals surface area (Å²) >= 11 is 0. The molecule has 0 aliphatic heterocycles. The minimum absolute atomic E-state index is 0.192. The summed E-state index contributed by atoms with van der Waals surface area (Å²) in [5.74, 6) is 0. The van der Waals surface area contributed by atoms with Crippen LogP contribution in [-0.2, 0) is 16.3 Å². The van der Waals surface area contributed by atoms with E-state index in [1.807, 2.05) is 0 Å². The highest BCUT2D eigenvalue weighted by molar-refractivity contribution is 7.85. The molecule has 136 valence electrons. The molecule has 0 spiro atoms. The van der Waals surface area contributed by atoms with Gasteiger partial charge in [0.15, 0.2) is 0 Å². The van der Waals surface area contributed by atoms with Gasteiger partial charge in [-0.3, -0.25) is 9.54 Å². The Kier molecular flexibility index (Phi) is 4.37. The Morgan fingerprint density at radius 1 is 1.04 bits per heavy atom. The van der Waals surface area contributed by atoms with Crippen molar-refractivity contribution in [1.29, 1.82) is 0 Å². The number of anilines is 2. The number of pyridine rings is 1. The highest BCUT2D eigenvalue weighted by Crippen LogP contribution is 2.34. The average Bonchev–Trinajstić information content (AvgIpc) is 2.53. The molecule has 0 aliphatic carbocycles. The predicted molar refractivity (Wildman–Crippen MR) is 91.0 cm³/mol. The zero-order chi connectivity index (χ0) is 19.1. The zero-order valence-corrected chi connectivity index (χ0v) is 14.2. The number of nitrogens with one attached hydrogen (secondary N) is 1. The maximum absolute atomic E-state index is 12.9. The molecule has 0 unspecified atom stereocenters. The van der Waals surface area contributed by atoms with E-state index in [0.717, 1.165) is 12.1 Å². The third-order valence-corrected chi connectivity index (χ3v) is 4.56. The van der Waals surface area contributed by atoms with E-state index < -0.39 is 21.9 Å². The molecule has 0 bridgehead atoms. The fraction of sp³-hybridized carbons (Fsp3) is 0.118. The van der Waals surface area contributed by atoms with Crippen molar-refractivity contribution in [2.45, 2.75) is 18.0 Å². The van der Waals surface area contributed by atoms with Crippen LogP contribution in [0.2, 0.25) is 0 Å². The molecule has 3 aromatic rings. The molecule has 2 aromatic carbocycles. The third-order valence-electron chi connectivity index (χ3n) is 3.70. The van der Waals surface area contributed by atoms with Gasteiger partial charge in [-0.25, -0.2) is 0 Å². The van der Waals surface area contributed by atoms with Crippen molar-refractivity contribution in [2.75, 3.05) is 5.32 Å². The molecule has 0 radical (unpaired) electrons. The van der Waals surface area contributed by atoms with E-state index in [1.54, 1.807) is 13.0 Å². The van der Waals surface area contributed by atoms with Crippen LogP contribution in [0.25, 0.3) is 10.9 Å². The van der Waals surface area contributed by atoms with Gasteiger partial charge in [0.25, 0.3) is 10.1 Å². The molecule has 0 saturated heterocycles. The second-order valence-corrected chi connectivity index (χ2v) is 7.09. The Hall–Kier alpha value is -2.65. The fourth-order valence-corrected chi connectivity index (χ4v) is 2.99. The Morgan fingerprint density at radius 2 is 1.69 bits per heavy atom. The Morgan fingerprint density at radius 3 is 2.27 bits per heavy atom. The highest BCUT2D eigenvalue weighted by atomic mass is 32.2. The van der Waals surface area contributed by atoms with Crippen molar-refractivity contribution < 1.29 is 26.1 Å². The first-order valence-electron chi connectivity index (χ1n) is 7.37. The van der Waals surface area contributed by atoms with Crippen LogP contribution in [0, 0.1) is 6.92 Å². The molecular weight excluding hydrogens is 369 g/mol. The lowest BCUT2D eigenvalue weighted by Gasteiger charge is -2.13. The van der Waals surface area contributed by atoms with Crippen molar-refractivity contribution in [3.63, 3.8) is 0 Å². The van der Waals surface area contributed by atoms with Crippen molar-refractivity contribution >= 4 is 32.4 Å². The van der Waals surface area contributed by atoms with Gasteiger partial charge < -0.3 is 5.32 Å². The van der Waals surface area contributed by atoms with Gasteiger partial charge in [-0.1, -0.05) is 6.07 Å². The summed E-state index contributed by atoms with van der Waals surface area (Å²) in [5.41, 5.74) is 0.961. The summed E-state index contributed by atoms with van der Waals surface area (Å²) in [6.45, 7) is 1.66. The van der Waals surface area contributed by atoms with Crippen LogP contribution < -0.4 is 5.32 Å². The molecule has 0 aliphatic rings. The van der Waals surface area contributed by atoms with Gasteiger partial charge in [0.2, 0.25) is 0 Å². The van der Waals surface area contributed by atoms with E-state index >= 15 is 0 Å². The second-order valence-electron chi connectivity index (χ2n) is 5.67. The largest absolute Gasteiger partial charge is 0.416 e. The van der Waals surface area contributed by atoms with E-state index in [0.29, 0.717) is 22.5 Å². The second kappa shape index (κ2) is 6.26. The van der Waals surface area contributed by atoms with Gasteiger partial charge >= 0.3 is 6.18 Å². The molecule has 1 heterocycles. The Balaban J connectivity index is 2.02. The minimum Gasteiger partial charge on any atom is -0.355 e. The van der Waals surface area contributed by atoms with Crippen molar-refractivity contribution in [3.8, 4) is 0 Å². The van der Waals surface area contributed by atoms with Gasteiger partial charge in [-0.15, -0.1) is 0 Å². The number of hydrogen-bond acceptors (Lipinski definition) is 4.